The van der Waals surface area contributed by atoms with E-state index in [0.29, 0.717) is 18.0 Å². The van der Waals surface area contributed by atoms with E-state index < -0.39 is 10.0 Å². The van der Waals surface area contributed by atoms with Gasteiger partial charge in [0.2, 0.25) is 10.0 Å². The first-order chi connectivity index (χ1) is 12.0. The van der Waals surface area contributed by atoms with Gasteiger partial charge >= 0.3 is 0 Å². The second-order valence-corrected chi connectivity index (χ2v) is 9.75. The highest BCUT2D eigenvalue weighted by Crippen LogP contribution is 2.45. The lowest BCUT2D eigenvalue weighted by atomic mass is 9.77. The number of hydrogen-bond donors (Lipinski definition) is 1. The Labute approximate surface area is 152 Å². The zero-order valence-corrected chi connectivity index (χ0v) is 16.1. The van der Waals surface area contributed by atoms with Crippen LogP contribution >= 0.6 is 0 Å². The fraction of sp³-hybridized carbons (Fsp3) is 0.700. The summed E-state index contributed by atoms with van der Waals surface area (Å²) < 4.78 is 27.7. The summed E-state index contributed by atoms with van der Waals surface area (Å²) in [7, 11) is -3.47. The number of piperidine rings is 1. The van der Waals surface area contributed by atoms with Gasteiger partial charge in [-0.15, -0.1) is 0 Å². The van der Waals surface area contributed by atoms with Crippen molar-refractivity contribution in [2.45, 2.75) is 75.7 Å². The predicted molar refractivity (Wildman–Crippen MR) is 100.0 cm³/mol. The molecular formula is C20H31NO3S. The molecule has 1 aliphatic carbocycles. The molecule has 2 atom stereocenters. The van der Waals surface area contributed by atoms with Crippen molar-refractivity contribution in [1.82, 2.24) is 4.31 Å². The molecule has 1 saturated carbocycles. The molecular weight excluding hydrogens is 334 g/mol. The lowest BCUT2D eigenvalue weighted by Crippen LogP contribution is -2.49. The molecule has 140 valence electrons. The molecule has 5 heteroatoms. The van der Waals surface area contributed by atoms with Gasteiger partial charge < -0.3 is 5.11 Å². The van der Waals surface area contributed by atoms with Crippen LogP contribution in [-0.2, 0) is 16.4 Å². The van der Waals surface area contributed by atoms with Gasteiger partial charge in [-0.2, -0.15) is 4.31 Å². The Morgan fingerprint density at radius 3 is 2.52 bits per heavy atom. The van der Waals surface area contributed by atoms with E-state index in [9.17, 15) is 13.5 Å². The van der Waals surface area contributed by atoms with Crippen molar-refractivity contribution in [2.24, 2.45) is 5.41 Å². The fourth-order valence-corrected chi connectivity index (χ4v) is 6.05. The van der Waals surface area contributed by atoms with Crippen LogP contribution in [0.25, 0.3) is 0 Å². The maximum Gasteiger partial charge on any atom is 0.243 e. The van der Waals surface area contributed by atoms with Gasteiger partial charge in [-0.3, -0.25) is 0 Å². The minimum Gasteiger partial charge on any atom is -0.392 e. The Hall–Kier alpha value is -0.910. The number of hydrogen-bond acceptors (Lipinski definition) is 3. The van der Waals surface area contributed by atoms with Crippen LogP contribution in [0.3, 0.4) is 0 Å². The zero-order chi connectivity index (χ0) is 17.9. The van der Waals surface area contributed by atoms with Crippen molar-refractivity contribution in [1.29, 1.82) is 0 Å². The van der Waals surface area contributed by atoms with Crippen LogP contribution in [0.2, 0.25) is 0 Å². The number of unbranched alkanes of at least 4 members (excludes halogenated alkanes) is 2. The van der Waals surface area contributed by atoms with Gasteiger partial charge in [0.05, 0.1) is 11.0 Å². The van der Waals surface area contributed by atoms with Crippen molar-refractivity contribution < 1.29 is 13.5 Å². The van der Waals surface area contributed by atoms with Gasteiger partial charge in [-0.25, -0.2) is 8.42 Å². The van der Waals surface area contributed by atoms with Crippen LogP contribution in [-0.4, -0.2) is 37.0 Å². The van der Waals surface area contributed by atoms with Crippen LogP contribution in [0.1, 0.15) is 63.9 Å². The van der Waals surface area contributed by atoms with Crippen molar-refractivity contribution in [3.05, 3.63) is 29.8 Å². The summed E-state index contributed by atoms with van der Waals surface area (Å²) >= 11 is 0. The molecule has 1 N–H and O–H groups in total. The Bertz CT molecular complexity index is 671. The van der Waals surface area contributed by atoms with E-state index >= 15 is 0 Å². The normalized spacial score (nSPS) is 27.8. The molecule has 3 rings (SSSR count). The van der Waals surface area contributed by atoms with Crippen LogP contribution < -0.4 is 0 Å². The van der Waals surface area contributed by atoms with Gasteiger partial charge in [0.1, 0.15) is 0 Å². The third-order valence-electron chi connectivity index (χ3n) is 6.06. The van der Waals surface area contributed by atoms with E-state index in [1.807, 2.05) is 12.1 Å². The molecule has 2 aliphatic rings. The number of aliphatic hydroxyl groups is 1. The number of sulfonamides is 1. The molecule has 25 heavy (non-hydrogen) atoms. The molecule has 0 amide bonds. The first-order valence-electron chi connectivity index (χ1n) is 9.75. The molecule has 1 heterocycles. The molecule has 1 aromatic rings. The third-order valence-corrected chi connectivity index (χ3v) is 7.92. The summed E-state index contributed by atoms with van der Waals surface area (Å²) in [5.74, 6) is 0. The number of aryl methyl sites for hydroxylation is 1. The van der Waals surface area contributed by atoms with Gasteiger partial charge in [0, 0.05) is 18.5 Å². The van der Waals surface area contributed by atoms with Gasteiger partial charge in [-0.05, 0) is 56.2 Å². The van der Waals surface area contributed by atoms with E-state index in [2.05, 4.69) is 6.92 Å². The van der Waals surface area contributed by atoms with Crippen LogP contribution in [0.15, 0.2) is 29.2 Å². The predicted octanol–water partition coefficient (Wildman–Crippen LogP) is 3.74. The quantitative estimate of drug-likeness (QED) is 0.782. The largest absolute Gasteiger partial charge is 0.392 e. The van der Waals surface area contributed by atoms with Crippen LogP contribution in [0.4, 0.5) is 0 Å². The van der Waals surface area contributed by atoms with Gasteiger partial charge in [-0.1, -0.05) is 38.3 Å². The zero-order valence-electron chi connectivity index (χ0n) is 15.3. The lowest BCUT2D eigenvalue weighted by molar-refractivity contribution is 0.0127. The highest BCUT2D eigenvalue weighted by Gasteiger charge is 2.47. The monoisotopic (exact) mass is 365 g/mol. The van der Waals surface area contributed by atoms with Gasteiger partial charge in [0.15, 0.2) is 0 Å². The number of aliphatic hydroxyl groups excluding tert-OH is 1. The maximum atomic E-state index is 13.0. The van der Waals surface area contributed by atoms with E-state index in [-0.39, 0.29) is 11.5 Å². The number of nitrogens with zero attached hydrogens (tertiary/aromatic N) is 1. The highest BCUT2D eigenvalue weighted by atomic mass is 32.2. The van der Waals surface area contributed by atoms with E-state index in [4.69, 9.17) is 0 Å². The third kappa shape index (κ3) is 3.93. The van der Waals surface area contributed by atoms with Crippen molar-refractivity contribution >= 4 is 10.0 Å². The lowest BCUT2D eigenvalue weighted by Gasteiger charge is -2.41. The molecule has 1 saturated heterocycles. The minimum atomic E-state index is -3.47. The summed E-state index contributed by atoms with van der Waals surface area (Å²) in [6.07, 6.45) is 8.72. The molecule has 0 radical (unpaired) electrons. The first kappa shape index (κ1) is 18.9. The van der Waals surface area contributed by atoms with Gasteiger partial charge in [0.25, 0.3) is 0 Å². The Morgan fingerprint density at radius 1 is 1.16 bits per heavy atom. The summed E-state index contributed by atoms with van der Waals surface area (Å²) in [5, 5.41) is 10.4. The number of benzene rings is 1. The molecule has 0 unspecified atom stereocenters. The number of rotatable bonds is 6. The molecule has 4 nitrogen and oxygen atoms in total. The summed E-state index contributed by atoms with van der Waals surface area (Å²) in [4.78, 5) is 0.385. The average Bonchev–Trinajstić information content (AvgIpc) is 2.95. The topological polar surface area (TPSA) is 57.6 Å². The van der Waals surface area contributed by atoms with Crippen molar-refractivity contribution in [3.8, 4) is 0 Å². The molecule has 0 bridgehead atoms. The Morgan fingerprint density at radius 2 is 1.88 bits per heavy atom. The van der Waals surface area contributed by atoms with Crippen molar-refractivity contribution in [2.75, 3.05) is 13.1 Å². The molecule has 0 aromatic heterocycles. The Kier molecular flexibility index (Phi) is 5.86. The van der Waals surface area contributed by atoms with Crippen LogP contribution in [0, 0.1) is 5.41 Å². The molecule has 1 aliphatic heterocycles. The second-order valence-electron chi connectivity index (χ2n) is 7.81. The van der Waals surface area contributed by atoms with E-state index in [1.165, 1.54) is 18.4 Å². The summed E-state index contributed by atoms with van der Waals surface area (Å²) in [6.45, 7) is 3.21. The summed E-state index contributed by atoms with van der Waals surface area (Å²) in [5.41, 5.74) is 0.986. The molecule has 1 aromatic carbocycles. The molecule has 2 fully saturated rings. The fourth-order valence-electron chi connectivity index (χ4n) is 4.47. The van der Waals surface area contributed by atoms with Crippen LogP contribution in [0.5, 0.6) is 0 Å². The standard InChI is InChI=1S/C20H31NO3S/c1-2-3-4-7-17-9-11-18(12-10-17)25(23,24)21-15-6-14-20(16-21)13-5-8-19(20)22/h9-12,19,22H,2-8,13-16H2,1H3/t19-,20+/m1/s1. The van der Waals surface area contributed by atoms with E-state index in [1.54, 1.807) is 16.4 Å². The summed E-state index contributed by atoms with van der Waals surface area (Å²) in [6, 6.07) is 7.41. The minimum absolute atomic E-state index is 0.217. The van der Waals surface area contributed by atoms with Crippen molar-refractivity contribution in [3.63, 3.8) is 0 Å². The Balaban J connectivity index is 1.72. The maximum absolute atomic E-state index is 13.0. The smallest absolute Gasteiger partial charge is 0.243 e. The first-order valence-corrected chi connectivity index (χ1v) is 11.2. The molecule has 1 spiro atoms. The SMILES string of the molecule is CCCCCc1ccc(S(=O)(=O)N2CCC[C@@]3(CCC[C@H]3O)C2)cc1. The highest BCUT2D eigenvalue weighted by molar-refractivity contribution is 7.89. The van der Waals surface area contributed by atoms with E-state index in [0.717, 1.165) is 44.9 Å². The second kappa shape index (κ2) is 7.77. The average molecular weight is 366 g/mol.